The molecule has 1 aromatic carbocycles. The van der Waals surface area contributed by atoms with Crippen molar-refractivity contribution in [1.82, 2.24) is 10.6 Å². The summed E-state index contributed by atoms with van der Waals surface area (Å²) in [4.78, 5) is 35.5. The molecule has 2 aromatic rings. The van der Waals surface area contributed by atoms with Crippen LogP contribution in [-0.4, -0.2) is 24.0 Å². The van der Waals surface area contributed by atoms with Crippen molar-refractivity contribution in [2.45, 2.75) is 26.5 Å². The molecule has 7 nitrogen and oxygen atoms in total. The molecule has 0 aliphatic rings. The summed E-state index contributed by atoms with van der Waals surface area (Å²) in [6, 6.07) is 10.0. The molecule has 0 aliphatic heterocycles. The van der Waals surface area contributed by atoms with Crippen molar-refractivity contribution in [2.75, 3.05) is 0 Å². The van der Waals surface area contributed by atoms with Crippen LogP contribution in [0.25, 0.3) is 0 Å². The standard InChI is InChI=1S/C17H18N2O5/c1-11-14(8-9-23-11)16(21)24-12(2)15(20)19-17(22)18-10-13-6-4-3-5-7-13/h3-9,12H,10H2,1-2H3,(H2,18,19,20,22)/t12-/m1/s1. The van der Waals surface area contributed by atoms with Gasteiger partial charge in [0, 0.05) is 6.54 Å². The van der Waals surface area contributed by atoms with E-state index in [1.165, 1.54) is 19.3 Å². The normalized spacial score (nSPS) is 11.4. The first-order chi connectivity index (χ1) is 11.5. The van der Waals surface area contributed by atoms with E-state index in [1.54, 1.807) is 6.92 Å². The molecule has 1 heterocycles. The summed E-state index contributed by atoms with van der Waals surface area (Å²) in [5.41, 5.74) is 1.14. The molecule has 3 amide bonds. The second-order valence-corrected chi connectivity index (χ2v) is 5.10. The number of benzene rings is 1. The SMILES string of the molecule is Cc1occc1C(=O)O[C@H](C)C(=O)NC(=O)NCc1ccccc1. The van der Waals surface area contributed by atoms with Gasteiger partial charge in [-0.25, -0.2) is 9.59 Å². The van der Waals surface area contributed by atoms with E-state index in [2.05, 4.69) is 10.6 Å². The predicted molar refractivity (Wildman–Crippen MR) is 85.1 cm³/mol. The van der Waals surface area contributed by atoms with Crippen molar-refractivity contribution < 1.29 is 23.5 Å². The molecule has 7 heteroatoms. The molecule has 0 saturated heterocycles. The highest BCUT2D eigenvalue weighted by Crippen LogP contribution is 2.11. The van der Waals surface area contributed by atoms with Gasteiger partial charge >= 0.3 is 12.0 Å². The minimum absolute atomic E-state index is 0.239. The van der Waals surface area contributed by atoms with Gasteiger partial charge in [0.05, 0.1) is 6.26 Å². The molecule has 0 radical (unpaired) electrons. The Morgan fingerprint density at radius 1 is 1.17 bits per heavy atom. The van der Waals surface area contributed by atoms with Gasteiger partial charge in [-0.05, 0) is 25.5 Å². The Morgan fingerprint density at radius 2 is 1.88 bits per heavy atom. The number of ether oxygens (including phenoxy) is 1. The minimum atomic E-state index is -1.12. The number of amides is 3. The number of hydrogen-bond donors (Lipinski definition) is 2. The summed E-state index contributed by atoms with van der Waals surface area (Å²) < 4.78 is 10.0. The average molecular weight is 330 g/mol. The fourth-order valence-corrected chi connectivity index (χ4v) is 1.91. The molecule has 0 saturated carbocycles. The number of imide groups is 1. The Kier molecular flexibility index (Phi) is 5.73. The van der Waals surface area contributed by atoms with Crippen LogP contribution in [0.5, 0.6) is 0 Å². The maximum absolute atomic E-state index is 11.9. The molecule has 0 unspecified atom stereocenters. The Labute approximate surface area is 139 Å². The van der Waals surface area contributed by atoms with Crippen LogP contribution in [0.3, 0.4) is 0 Å². The molecule has 0 bridgehead atoms. The maximum atomic E-state index is 11.9. The first kappa shape index (κ1) is 17.3. The van der Waals surface area contributed by atoms with Gasteiger partial charge in [0.1, 0.15) is 11.3 Å². The largest absolute Gasteiger partial charge is 0.469 e. The monoisotopic (exact) mass is 330 g/mol. The van der Waals surface area contributed by atoms with Gasteiger partial charge in [-0.15, -0.1) is 0 Å². The number of carbonyl (C=O) groups is 3. The number of carbonyl (C=O) groups excluding carboxylic acids is 3. The van der Waals surface area contributed by atoms with Crippen LogP contribution >= 0.6 is 0 Å². The molecule has 126 valence electrons. The van der Waals surface area contributed by atoms with Crippen molar-refractivity contribution in [2.24, 2.45) is 0 Å². The highest BCUT2D eigenvalue weighted by molar-refractivity contribution is 5.98. The van der Waals surface area contributed by atoms with E-state index in [0.717, 1.165) is 5.56 Å². The molecular weight excluding hydrogens is 312 g/mol. The quantitative estimate of drug-likeness (QED) is 0.819. The van der Waals surface area contributed by atoms with Crippen molar-refractivity contribution in [3.63, 3.8) is 0 Å². The van der Waals surface area contributed by atoms with Gasteiger partial charge < -0.3 is 14.5 Å². The number of nitrogens with one attached hydrogen (secondary N) is 2. The van der Waals surface area contributed by atoms with E-state index in [0.29, 0.717) is 5.76 Å². The highest BCUT2D eigenvalue weighted by atomic mass is 16.5. The fraction of sp³-hybridized carbons (Fsp3) is 0.235. The summed E-state index contributed by atoms with van der Waals surface area (Å²) >= 11 is 0. The number of rotatable bonds is 5. The lowest BCUT2D eigenvalue weighted by atomic mass is 10.2. The van der Waals surface area contributed by atoms with Crippen LogP contribution in [-0.2, 0) is 16.1 Å². The van der Waals surface area contributed by atoms with Crippen LogP contribution in [0.1, 0.15) is 28.6 Å². The third-order valence-corrected chi connectivity index (χ3v) is 3.26. The molecular formula is C17H18N2O5. The number of esters is 1. The first-order valence-electron chi connectivity index (χ1n) is 7.35. The highest BCUT2D eigenvalue weighted by Gasteiger charge is 2.22. The third kappa shape index (κ3) is 4.70. The van der Waals surface area contributed by atoms with Crippen LogP contribution < -0.4 is 10.6 Å². The Hall–Kier alpha value is -3.09. The predicted octanol–water partition coefficient (Wildman–Crippen LogP) is 2.16. The summed E-state index contributed by atoms with van der Waals surface area (Å²) in [5, 5.41) is 4.67. The summed E-state index contributed by atoms with van der Waals surface area (Å²) in [5.74, 6) is -1.00. The van der Waals surface area contributed by atoms with Crippen molar-refractivity contribution in [3.05, 3.63) is 59.5 Å². The Bertz CT molecular complexity index is 724. The summed E-state index contributed by atoms with van der Waals surface area (Å²) in [6.07, 6.45) is 0.238. The molecule has 0 fully saturated rings. The lowest BCUT2D eigenvalue weighted by Crippen LogP contribution is -2.44. The zero-order chi connectivity index (χ0) is 17.5. The average Bonchev–Trinajstić information content (AvgIpc) is 3.00. The van der Waals surface area contributed by atoms with Gasteiger partial charge in [-0.2, -0.15) is 0 Å². The van der Waals surface area contributed by atoms with Crippen molar-refractivity contribution >= 4 is 17.9 Å². The molecule has 0 spiro atoms. The number of furan rings is 1. The minimum Gasteiger partial charge on any atom is -0.469 e. The smallest absolute Gasteiger partial charge is 0.342 e. The van der Waals surface area contributed by atoms with Crippen LogP contribution in [0.2, 0.25) is 0 Å². The zero-order valence-corrected chi connectivity index (χ0v) is 13.4. The van der Waals surface area contributed by atoms with E-state index in [1.807, 2.05) is 30.3 Å². The lowest BCUT2D eigenvalue weighted by Gasteiger charge is -2.13. The fourth-order valence-electron chi connectivity index (χ4n) is 1.91. The molecule has 1 aromatic heterocycles. The van der Waals surface area contributed by atoms with E-state index in [9.17, 15) is 14.4 Å². The van der Waals surface area contributed by atoms with Crippen LogP contribution in [0.4, 0.5) is 4.79 Å². The molecule has 0 aliphatic carbocycles. The Morgan fingerprint density at radius 3 is 2.50 bits per heavy atom. The number of hydrogen-bond acceptors (Lipinski definition) is 5. The molecule has 24 heavy (non-hydrogen) atoms. The molecule has 1 atom stereocenters. The van der Waals surface area contributed by atoms with Gasteiger partial charge in [-0.3, -0.25) is 10.1 Å². The van der Waals surface area contributed by atoms with E-state index < -0.39 is 24.0 Å². The van der Waals surface area contributed by atoms with Crippen LogP contribution in [0.15, 0.2) is 47.1 Å². The summed E-state index contributed by atoms with van der Waals surface area (Å²) in [7, 11) is 0. The third-order valence-electron chi connectivity index (χ3n) is 3.26. The second kappa shape index (κ2) is 7.96. The van der Waals surface area contributed by atoms with Gasteiger partial charge in [0.25, 0.3) is 5.91 Å². The maximum Gasteiger partial charge on any atom is 0.342 e. The molecule has 2 N–H and O–H groups in total. The van der Waals surface area contributed by atoms with E-state index >= 15 is 0 Å². The van der Waals surface area contributed by atoms with Crippen LogP contribution in [0, 0.1) is 6.92 Å². The second-order valence-electron chi connectivity index (χ2n) is 5.10. The van der Waals surface area contributed by atoms with E-state index in [-0.39, 0.29) is 12.1 Å². The molecule has 2 rings (SSSR count). The van der Waals surface area contributed by atoms with E-state index in [4.69, 9.17) is 9.15 Å². The van der Waals surface area contributed by atoms with Crippen molar-refractivity contribution in [3.8, 4) is 0 Å². The van der Waals surface area contributed by atoms with Crippen molar-refractivity contribution in [1.29, 1.82) is 0 Å². The zero-order valence-electron chi connectivity index (χ0n) is 13.4. The Balaban J connectivity index is 1.79. The van der Waals surface area contributed by atoms with Gasteiger partial charge in [-0.1, -0.05) is 30.3 Å². The number of aryl methyl sites for hydroxylation is 1. The lowest BCUT2D eigenvalue weighted by molar-refractivity contribution is -0.127. The first-order valence-corrected chi connectivity index (χ1v) is 7.35. The summed E-state index contributed by atoms with van der Waals surface area (Å²) in [6.45, 7) is 3.27. The van der Waals surface area contributed by atoms with Gasteiger partial charge in [0.2, 0.25) is 0 Å². The topological polar surface area (TPSA) is 97.6 Å². The van der Waals surface area contributed by atoms with Gasteiger partial charge in [0.15, 0.2) is 6.10 Å². The number of urea groups is 1.